The van der Waals surface area contributed by atoms with Crippen LogP contribution < -0.4 is 5.32 Å². The maximum atomic E-state index is 13.4. The van der Waals surface area contributed by atoms with Crippen LogP contribution in [-0.4, -0.2) is 53.7 Å². The van der Waals surface area contributed by atoms with Crippen LogP contribution in [-0.2, 0) is 14.3 Å². The van der Waals surface area contributed by atoms with Crippen LogP contribution in [0.1, 0.15) is 49.7 Å². The van der Waals surface area contributed by atoms with Gasteiger partial charge in [-0.05, 0) is 53.4 Å². The number of benzene rings is 2. The van der Waals surface area contributed by atoms with E-state index in [-0.39, 0.29) is 36.8 Å². The van der Waals surface area contributed by atoms with Crippen LogP contribution in [0.2, 0.25) is 0 Å². The lowest BCUT2D eigenvalue weighted by atomic mass is 9.78. The van der Waals surface area contributed by atoms with Crippen molar-refractivity contribution in [1.82, 2.24) is 10.2 Å². The van der Waals surface area contributed by atoms with Crippen molar-refractivity contribution in [3.63, 3.8) is 0 Å². The number of carboxylic acid groups (broad SMARTS) is 1. The molecule has 1 aliphatic heterocycles. The van der Waals surface area contributed by atoms with Gasteiger partial charge in [-0.15, -0.1) is 0 Å². The average molecular weight is 477 g/mol. The number of carboxylic acids is 1. The fourth-order valence-corrected chi connectivity index (χ4v) is 5.71. The van der Waals surface area contributed by atoms with Crippen LogP contribution in [0.4, 0.5) is 4.79 Å². The molecule has 35 heavy (non-hydrogen) atoms. The van der Waals surface area contributed by atoms with Crippen molar-refractivity contribution in [1.29, 1.82) is 0 Å². The van der Waals surface area contributed by atoms with Gasteiger partial charge in [0.15, 0.2) is 0 Å². The third-order valence-corrected chi connectivity index (χ3v) is 8.09. The minimum Gasteiger partial charge on any atom is -0.481 e. The molecule has 3 unspecified atom stereocenters. The molecule has 0 spiro atoms. The van der Waals surface area contributed by atoms with Gasteiger partial charge in [0.1, 0.15) is 12.6 Å². The number of aliphatic carboxylic acids is 1. The van der Waals surface area contributed by atoms with E-state index in [2.05, 4.69) is 29.6 Å². The van der Waals surface area contributed by atoms with Gasteiger partial charge < -0.3 is 20.1 Å². The van der Waals surface area contributed by atoms with E-state index in [1.165, 1.54) is 0 Å². The van der Waals surface area contributed by atoms with Crippen LogP contribution in [0.25, 0.3) is 11.1 Å². The van der Waals surface area contributed by atoms with Crippen molar-refractivity contribution in [2.75, 3.05) is 19.7 Å². The first-order valence-electron chi connectivity index (χ1n) is 12.6. The molecule has 0 aromatic heterocycles. The molecular weight excluding hydrogens is 444 g/mol. The highest BCUT2D eigenvalue weighted by Gasteiger charge is 2.40. The average Bonchev–Trinajstić information content (AvgIpc) is 3.14. The second-order valence-electron chi connectivity index (χ2n) is 10.1. The molecule has 2 N–H and O–H groups in total. The van der Waals surface area contributed by atoms with E-state index in [1.54, 1.807) is 4.90 Å². The molecule has 2 aromatic carbocycles. The summed E-state index contributed by atoms with van der Waals surface area (Å²) in [5.74, 6) is -1.62. The number of alkyl carbamates (subject to hydrolysis) is 1. The van der Waals surface area contributed by atoms with Gasteiger partial charge in [0.2, 0.25) is 5.91 Å². The Balaban J connectivity index is 1.26. The van der Waals surface area contributed by atoms with Crippen LogP contribution in [0.3, 0.4) is 0 Å². The molecule has 184 valence electrons. The predicted octanol–water partition coefficient (Wildman–Crippen LogP) is 4.26. The zero-order valence-corrected chi connectivity index (χ0v) is 20.0. The predicted molar refractivity (Wildman–Crippen MR) is 131 cm³/mol. The lowest BCUT2D eigenvalue weighted by Crippen LogP contribution is -2.57. The van der Waals surface area contributed by atoms with Gasteiger partial charge in [-0.1, -0.05) is 61.9 Å². The fourth-order valence-electron chi connectivity index (χ4n) is 5.71. The maximum absolute atomic E-state index is 13.4. The first-order chi connectivity index (χ1) is 16.9. The molecule has 2 aliphatic carbocycles. The van der Waals surface area contributed by atoms with E-state index in [4.69, 9.17) is 4.74 Å². The molecule has 2 aromatic rings. The zero-order valence-electron chi connectivity index (χ0n) is 20.0. The SMILES string of the molecule is CC1CCN(C(=O)C(NC(=O)OCC2c3ccccc3-c3ccccc32)C2CCC2)CC1C(=O)O. The zero-order chi connectivity index (χ0) is 24.5. The molecule has 7 nitrogen and oxygen atoms in total. The van der Waals surface area contributed by atoms with E-state index in [0.29, 0.717) is 13.0 Å². The molecule has 2 amide bonds. The van der Waals surface area contributed by atoms with Crippen LogP contribution in [0.5, 0.6) is 0 Å². The van der Waals surface area contributed by atoms with Gasteiger partial charge in [-0.25, -0.2) is 4.79 Å². The number of amides is 2. The number of piperidine rings is 1. The standard InChI is InChI=1S/C28H32N2O5/c1-17-13-14-30(15-23(17)27(32)33)26(31)25(18-7-6-8-18)29-28(34)35-16-24-21-11-4-2-9-19(21)20-10-3-5-12-22(20)24/h2-5,9-12,17-18,23-25H,6-8,13-16H2,1H3,(H,29,34)(H,32,33). The summed E-state index contributed by atoms with van der Waals surface area (Å²) in [6.07, 6.45) is 2.80. The third kappa shape index (κ3) is 4.51. The Bertz CT molecular complexity index is 1080. The summed E-state index contributed by atoms with van der Waals surface area (Å²) in [6.45, 7) is 2.80. The van der Waals surface area contributed by atoms with Crippen molar-refractivity contribution in [2.45, 2.75) is 44.6 Å². The highest BCUT2D eigenvalue weighted by Crippen LogP contribution is 2.44. The number of rotatable bonds is 6. The second-order valence-corrected chi connectivity index (χ2v) is 10.1. The molecular formula is C28H32N2O5. The van der Waals surface area contributed by atoms with Crippen LogP contribution in [0, 0.1) is 17.8 Å². The molecule has 0 bridgehead atoms. The first kappa shape index (κ1) is 23.4. The van der Waals surface area contributed by atoms with E-state index < -0.39 is 24.0 Å². The number of hydrogen-bond acceptors (Lipinski definition) is 4. The topological polar surface area (TPSA) is 95.9 Å². The largest absolute Gasteiger partial charge is 0.481 e. The number of carbonyl (C=O) groups is 3. The lowest BCUT2D eigenvalue weighted by Gasteiger charge is -2.40. The number of likely N-dealkylation sites (tertiary alicyclic amines) is 1. The van der Waals surface area contributed by atoms with E-state index in [1.807, 2.05) is 31.2 Å². The number of ether oxygens (including phenoxy) is 1. The second kappa shape index (κ2) is 9.72. The van der Waals surface area contributed by atoms with E-state index in [9.17, 15) is 19.5 Å². The molecule has 0 radical (unpaired) electrons. The maximum Gasteiger partial charge on any atom is 0.407 e. The molecule has 5 rings (SSSR count). The minimum atomic E-state index is -0.875. The van der Waals surface area contributed by atoms with Gasteiger partial charge >= 0.3 is 12.1 Å². The number of nitrogens with zero attached hydrogens (tertiary/aromatic N) is 1. The number of carbonyl (C=O) groups excluding carboxylic acids is 2. The highest BCUT2D eigenvalue weighted by atomic mass is 16.5. The minimum absolute atomic E-state index is 0.0220. The Morgan fingerprint density at radius 2 is 1.66 bits per heavy atom. The van der Waals surface area contributed by atoms with E-state index >= 15 is 0 Å². The summed E-state index contributed by atoms with van der Waals surface area (Å²) in [5, 5.41) is 12.4. The molecule has 3 atom stereocenters. The summed E-state index contributed by atoms with van der Waals surface area (Å²) >= 11 is 0. The van der Waals surface area contributed by atoms with Crippen molar-refractivity contribution in [2.24, 2.45) is 17.8 Å². The smallest absolute Gasteiger partial charge is 0.407 e. The number of fused-ring (bicyclic) bond motifs is 3. The summed E-state index contributed by atoms with van der Waals surface area (Å²) in [5.41, 5.74) is 4.59. The van der Waals surface area contributed by atoms with Gasteiger partial charge in [-0.2, -0.15) is 0 Å². The van der Waals surface area contributed by atoms with Crippen LogP contribution >= 0.6 is 0 Å². The summed E-state index contributed by atoms with van der Waals surface area (Å²) in [7, 11) is 0. The lowest BCUT2D eigenvalue weighted by molar-refractivity contribution is -0.149. The van der Waals surface area contributed by atoms with Crippen molar-refractivity contribution >= 4 is 18.0 Å². The Labute approximate surface area is 205 Å². The summed E-state index contributed by atoms with van der Waals surface area (Å²) in [6, 6.07) is 15.6. The van der Waals surface area contributed by atoms with Crippen molar-refractivity contribution in [3.05, 3.63) is 59.7 Å². The summed E-state index contributed by atoms with van der Waals surface area (Å²) < 4.78 is 5.69. The van der Waals surface area contributed by atoms with Gasteiger partial charge in [0.25, 0.3) is 0 Å². The molecule has 7 heteroatoms. The van der Waals surface area contributed by atoms with Crippen LogP contribution in [0.15, 0.2) is 48.5 Å². The fraction of sp³-hybridized carbons (Fsp3) is 0.464. The van der Waals surface area contributed by atoms with E-state index in [0.717, 1.165) is 41.5 Å². The van der Waals surface area contributed by atoms with Crippen molar-refractivity contribution in [3.8, 4) is 11.1 Å². The monoisotopic (exact) mass is 476 g/mol. The molecule has 3 aliphatic rings. The Hall–Kier alpha value is -3.35. The molecule has 2 fully saturated rings. The summed E-state index contributed by atoms with van der Waals surface area (Å²) in [4.78, 5) is 39.5. The Kier molecular flexibility index (Phi) is 6.50. The Morgan fingerprint density at radius 1 is 1.03 bits per heavy atom. The normalized spacial score (nSPS) is 22.5. The molecule has 1 saturated heterocycles. The molecule has 1 saturated carbocycles. The number of nitrogens with one attached hydrogen (secondary N) is 1. The van der Waals surface area contributed by atoms with Gasteiger partial charge in [0.05, 0.1) is 5.92 Å². The number of hydrogen-bond donors (Lipinski definition) is 2. The Morgan fingerprint density at radius 3 is 2.23 bits per heavy atom. The van der Waals surface area contributed by atoms with Crippen molar-refractivity contribution < 1.29 is 24.2 Å². The highest BCUT2D eigenvalue weighted by molar-refractivity contribution is 5.87. The van der Waals surface area contributed by atoms with Gasteiger partial charge in [0, 0.05) is 19.0 Å². The first-order valence-corrected chi connectivity index (χ1v) is 12.6. The third-order valence-electron chi connectivity index (χ3n) is 8.09. The van der Waals surface area contributed by atoms with Gasteiger partial charge in [-0.3, -0.25) is 9.59 Å². The quantitative estimate of drug-likeness (QED) is 0.649. The molecule has 1 heterocycles.